The van der Waals surface area contributed by atoms with Gasteiger partial charge in [0.15, 0.2) is 0 Å². The molecule has 0 radical (unpaired) electrons. The van der Waals surface area contributed by atoms with E-state index in [1.54, 1.807) is 19.1 Å². The third kappa shape index (κ3) is 5.72. The van der Waals surface area contributed by atoms with E-state index in [0.29, 0.717) is 17.6 Å². The van der Waals surface area contributed by atoms with E-state index < -0.39 is 27.7 Å². The van der Waals surface area contributed by atoms with E-state index in [4.69, 9.17) is 4.42 Å². The summed E-state index contributed by atoms with van der Waals surface area (Å²) in [4.78, 5) is 11.9. The van der Waals surface area contributed by atoms with Gasteiger partial charge in [0, 0.05) is 11.3 Å². The fourth-order valence-corrected chi connectivity index (χ4v) is 3.61. The van der Waals surface area contributed by atoms with E-state index in [9.17, 15) is 26.4 Å². The first-order valence-electron chi connectivity index (χ1n) is 8.74. The molecule has 3 rings (SSSR count). The van der Waals surface area contributed by atoms with Crippen molar-refractivity contribution in [1.29, 1.82) is 0 Å². The van der Waals surface area contributed by atoms with Crippen LogP contribution in [0.15, 0.2) is 75.1 Å². The average molecular weight is 451 g/mol. The average Bonchev–Trinajstić information content (AvgIpc) is 3.12. The Kier molecular flexibility index (Phi) is 6.16. The summed E-state index contributed by atoms with van der Waals surface area (Å²) < 4.78 is 71.0. The molecule has 0 spiro atoms. The number of nitrogens with zero attached hydrogens (tertiary/aromatic N) is 1. The normalized spacial score (nSPS) is 12.1. The number of rotatable bonds is 6. The van der Waals surface area contributed by atoms with Gasteiger partial charge >= 0.3 is 6.18 Å². The number of nitrogens with one attached hydrogen (secondary N) is 2. The van der Waals surface area contributed by atoms with E-state index >= 15 is 0 Å². The molecular weight excluding hydrogens is 435 g/mol. The van der Waals surface area contributed by atoms with Crippen LogP contribution in [-0.4, -0.2) is 20.5 Å². The van der Waals surface area contributed by atoms with Crippen molar-refractivity contribution in [2.24, 2.45) is 5.10 Å². The van der Waals surface area contributed by atoms with E-state index in [-0.39, 0.29) is 16.1 Å². The summed E-state index contributed by atoms with van der Waals surface area (Å²) in [7, 11) is -4.24. The zero-order valence-corrected chi connectivity index (χ0v) is 16.8. The Morgan fingerprint density at radius 2 is 1.81 bits per heavy atom. The molecule has 0 aliphatic rings. The summed E-state index contributed by atoms with van der Waals surface area (Å²) >= 11 is 0. The van der Waals surface area contributed by atoms with Crippen LogP contribution in [0.4, 0.5) is 18.9 Å². The molecule has 1 aromatic heterocycles. The lowest BCUT2D eigenvalue weighted by molar-refractivity contribution is -0.137. The number of hydrogen-bond donors (Lipinski definition) is 2. The summed E-state index contributed by atoms with van der Waals surface area (Å²) in [5, 5.41) is 3.73. The number of halogens is 3. The van der Waals surface area contributed by atoms with Crippen molar-refractivity contribution in [1.82, 2.24) is 5.43 Å². The minimum Gasteiger partial charge on any atom is -0.460 e. The van der Waals surface area contributed by atoms with Crippen LogP contribution in [0.3, 0.4) is 0 Å². The molecule has 2 N–H and O–H groups in total. The standard InChI is InChI=1S/C20H16F3N3O4S/c1-13-8-9-17(30-13)12-24-25-19(27)14-4-2-7-18(10-14)31(28,29)26-16-6-3-5-15(11-16)20(21,22)23/h2-12,26H,1H3,(H,25,27). The number of sulfonamides is 1. The molecule has 31 heavy (non-hydrogen) atoms. The second kappa shape index (κ2) is 8.64. The first kappa shape index (κ1) is 22.1. The monoisotopic (exact) mass is 451 g/mol. The fraction of sp³-hybridized carbons (Fsp3) is 0.100. The van der Waals surface area contributed by atoms with E-state index in [1.165, 1.54) is 30.5 Å². The number of amides is 1. The Hall–Kier alpha value is -3.60. The van der Waals surface area contributed by atoms with Gasteiger partial charge in [-0.3, -0.25) is 9.52 Å². The minimum atomic E-state index is -4.62. The molecule has 0 saturated carbocycles. The molecule has 1 heterocycles. The van der Waals surface area contributed by atoms with Gasteiger partial charge in [0.25, 0.3) is 15.9 Å². The predicted molar refractivity (Wildman–Crippen MR) is 107 cm³/mol. The molecule has 2 aromatic carbocycles. The zero-order valence-electron chi connectivity index (χ0n) is 16.0. The summed E-state index contributed by atoms with van der Waals surface area (Å²) in [5.41, 5.74) is 0.969. The zero-order chi connectivity index (χ0) is 22.6. The molecular formula is C20H16F3N3O4S. The van der Waals surface area contributed by atoms with Crippen LogP contribution in [0.25, 0.3) is 0 Å². The van der Waals surface area contributed by atoms with Gasteiger partial charge in [-0.2, -0.15) is 18.3 Å². The fourth-order valence-electron chi connectivity index (χ4n) is 2.52. The first-order valence-corrected chi connectivity index (χ1v) is 10.2. The van der Waals surface area contributed by atoms with Crippen LogP contribution in [-0.2, 0) is 16.2 Å². The molecule has 0 atom stereocenters. The number of furan rings is 1. The van der Waals surface area contributed by atoms with E-state index in [2.05, 4.69) is 15.2 Å². The van der Waals surface area contributed by atoms with Crippen molar-refractivity contribution in [3.8, 4) is 0 Å². The van der Waals surface area contributed by atoms with Gasteiger partial charge in [-0.25, -0.2) is 13.8 Å². The van der Waals surface area contributed by atoms with Crippen LogP contribution >= 0.6 is 0 Å². The third-order valence-electron chi connectivity index (χ3n) is 3.97. The number of carbonyl (C=O) groups is 1. The summed E-state index contributed by atoms with van der Waals surface area (Å²) in [5.74, 6) is 0.397. The van der Waals surface area contributed by atoms with Crippen LogP contribution in [0.1, 0.15) is 27.4 Å². The number of aryl methyl sites for hydroxylation is 1. The lowest BCUT2D eigenvalue weighted by atomic mass is 10.2. The van der Waals surface area contributed by atoms with Crippen LogP contribution in [0.5, 0.6) is 0 Å². The van der Waals surface area contributed by atoms with Crippen LogP contribution in [0, 0.1) is 6.92 Å². The Morgan fingerprint density at radius 1 is 1.06 bits per heavy atom. The quantitative estimate of drug-likeness (QED) is 0.434. The SMILES string of the molecule is Cc1ccc(C=NNC(=O)c2cccc(S(=O)(=O)Nc3cccc(C(F)(F)F)c3)c2)o1. The van der Waals surface area contributed by atoms with Crippen molar-refractivity contribution in [3.63, 3.8) is 0 Å². The molecule has 162 valence electrons. The highest BCUT2D eigenvalue weighted by Gasteiger charge is 2.30. The van der Waals surface area contributed by atoms with Gasteiger partial charge in [0.05, 0.1) is 16.7 Å². The smallest absolute Gasteiger partial charge is 0.416 e. The molecule has 0 saturated heterocycles. The van der Waals surface area contributed by atoms with Gasteiger partial charge in [-0.15, -0.1) is 0 Å². The maximum absolute atomic E-state index is 12.8. The topological polar surface area (TPSA) is 101 Å². The molecule has 1 amide bonds. The summed E-state index contributed by atoms with van der Waals surface area (Å²) in [6.45, 7) is 1.75. The maximum Gasteiger partial charge on any atom is 0.416 e. The van der Waals surface area contributed by atoms with Crippen LogP contribution in [0.2, 0.25) is 0 Å². The van der Waals surface area contributed by atoms with Crippen molar-refractivity contribution in [2.75, 3.05) is 4.72 Å². The van der Waals surface area contributed by atoms with Gasteiger partial charge in [-0.05, 0) is 55.5 Å². The van der Waals surface area contributed by atoms with Crippen LogP contribution < -0.4 is 10.1 Å². The highest BCUT2D eigenvalue weighted by atomic mass is 32.2. The minimum absolute atomic E-state index is 0.0142. The Balaban J connectivity index is 1.75. The Bertz CT molecular complexity index is 1230. The molecule has 0 aliphatic carbocycles. The number of carbonyl (C=O) groups excluding carboxylic acids is 1. The molecule has 0 fully saturated rings. The molecule has 0 aliphatic heterocycles. The largest absolute Gasteiger partial charge is 0.460 e. The summed E-state index contributed by atoms with van der Waals surface area (Å²) in [6, 6.07) is 12.1. The molecule has 7 nitrogen and oxygen atoms in total. The van der Waals surface area contributed by atoms with E-state index in [0.717, 1.165) is 18.2 Å². The van der Waals surface area contributed by atoms with Crippen molar-refractivity contribution < 1.29 is 30.8 Å². The number of hydrazone groups is 1. The lowest BCUT2D eigenvalue weighted by Gasteiger charge is -2.11. The number of benzene rings is 2. The molecule has 0 bridgehead atoms. The van der Waals surface area contributed by atoms with Gasteiger partial charge in [0.1, 0.15) is 11.5 Å². The van der Waals surface area contributed by atoms with E-state index in [1.807, 2.05) is 0 Å². The molecule has 3 aromatic rings. The van der Waals surface area contributed by atoms with Crippen molar-refractivity contribution >= 4 is 27.8 Å². The maximum atomic E-state index is 12.8. The van der Waals surface area contributed by atoms with Gasteiger partial charge in [-0.1, -0.05) is 12.1 Å². The third-order valence-corrected chi connectivity index (χ3v) is 5.35. The molecule has 0 unspecified atom stereocenters. The van der Waals surface area contributed by atoms with Crippen molar-refractivity contribution in [3.05, 3.63) is 83.3 Å². The number of alkyl halides is 3. The molecule has 11 heteroatoms. The highest BCUT2D eigenvalue weighted by Crippen LogP contribution is 2.31. The van der Waals surface area contributed by atoms with Gasteiger partial charge < -0.3 is 4.42 Å². The second-order valence-electron chi connectivity index (χ2n) is 6.36. The number of anilines is 1. The first-order chi connectivity index (χ1) is 14.5. The van der Waals surface area contributed by atoms with Gasteiger partial charge in [0.2, 0.25) is 0 Å². The summed E-state index contributed by atoms with van der Waals surface area (Å²) in [6.07, 6.45) is -3.34. The lowest BCUT2D eigenvalue weighted by Crippen LogP contribution is -2.19. The predicted octanol–water partition coefficient (Wildman–Crippen LogP) is 4.17. The second-order valence-corrected chi connectivity index (χ2v) is 8.04. The van der Waals surface area contributed by atoms with Crippen molar-refractivity contribution in [2.45, 2.75) is 18.0 Å². The highest BCUT2D eigenvalue weighted by molar-refractivity contribution is 7.92. The Labute approximate surface area is 175 Å². The number of hydrogen-bond acceptors (Lipinski definition) is 5. The Morgan fingerprint density at radius 3 is 2.48 bits per heavy atom.